The van der Waals surface area contributed by atoms with Crippen molar-refractivity contribution in [2.24, 2.45) is 12.0 Å². The van der Waals surface area contributed by atoms with Gasteiger partial charge < -0.3 is 10.6 Å². The van der Waals surface area contributed by atoms with Crippen molar-refractivity contribution in [2.45, 2.75) is 19.8 Å². The number of thiophene rings is 1. The quantitative estimate of drug-likeness (QED) is 0.606. The molecule has 0 atom stereocenters. The lowest BCUT2D eigenvalue weighted by molar-refractivity contribution is 0.765. The second kappa shape index (κ2) is 8.46. The van der Waals surface area contributed by atoms with Gasteiger partial charge in [0.25, 0.3) is 0 Å². The minimum absolute atomic E-state index is 0.808. The van der Waals surface area contributed by atoms with E-state index in [9.17, 15) is 0 Å². The Labute approximate surface area is 130 Å². The van der Waals surface area contributed by atoms with E-state index in [0.717, 1.165) is 38.4 Å². The minimum Gasteiger partial charge on any atom is -0.357 e. The Morgan fingerprint density at radius 2 is 2.29 bits per heavy atom. The van der Waals surface area contributed by atoms with Gasteiger partial charge in [-0.25, -0.2) is 0 Å². The average Bonchev–Trinajstić information content (AvgIpc) is 3.11. The zero-order valence-electron chi connectivity index (χ0n) is 12.7. The van der Waals surface area contributed by atoms with Gasteiger partial charge in [0.15, 0.2) is 5.96 Å². The molecule has 0 aliphatic carbocycles. The Morgan fingerprint density at radius 1 is 1.38 bits per heavy atom. The van der Waals surface area contributed by atoms with E-state index < -0.39 is 0 Å². The summed E-state index contributed by atoms with van der Waals surface area (Å²) >= 11 is 1.79. The highest BCUT2D eigenvalue weighted by atomic mass is 32.1. The van der Waals surface area contributed by atoms with Crippen LogP contribution in [0.4, 0.5) is 0 Å². The number of aliphatic imine (C=N–C) groups is 1. The standard InChI is InChI=1S/C15H23N5S/c1-3-16-15(18-9-7-14-5-4-10-21-14)17-8-6-13-11-19-20(2)12-13/h4-5,10-12H,3,6-9H2,1-2H3,(H2,16,17,18). The fourth-order valence-corrected chi connectivity index (χ4v) is 2.70. The van der Waals surface area contributed by atoms with Crippen molar-refractivity contribution >= 4 is 17.3 Å². The first-order valence-electron chi connectivity index (χ1n) is 7.30. The van der Waals surface area contributed by atoms with E-state index in [1.165, 1.54) is 10.4 Å². The van der Waals surface area contributed by atoms with Crippen LogP contribution < -0.4 is 10.6 Å². The van der Waals surface area contributed by atoms with E-state index in [4.69, 9.17) is 0 Å². The van der Waals surface area contributed by atoms with Crippen LogP contribution in [-0.2, 0) is 19.9 Å². The SMILES string of the molecule is CCNC(=NCCc1cccs1)NCCc1cnn(C)c1. The maximum absolute atomic E-state index is 4.60. The molecule has 0 saturated carbocycles. The number of nitrogens with zero attached hydrogens (tertiary/aromatic N) is 3. The summed E-state index contributed by atoms with van der Waals surface area (Å²) in [5.41, 5.74) is 1.24. The van der Waals surface area contributed by atoms with E-state index in [1.807, 2.05) is 24.1 Å². The zero-order valence-corrected chi connectivity index (χ0v) is 13.5. The molecule has 0 spiro atoms. The molecule has 2 heterocycles. The number of rotatable bonds is 7. The van der Waals surface area contributed by atoms with E-state index >= 15 is 0 Å². The van der Waals surface area contributed by atoms with Crippen molar-refractivity contribution < 1.29 is 0 Å². The third kappa shape index (κ3) is 5.59. The summed E-state index contributed by atoms with van der Waals surface area (Å²) in [5.74, 6) is 0.887. The molecular weight excluding hydrogens is 282 g/mol. The summed E-state index contributed by atoms with van der Waals surface area (Å²) in [6.45, 7) is 4.62. The molecule has 0 radical (unpaired) electrons. The lowest BCUT2D eigenvalue weighted by atomic mass is 10.2. The molecule has 114 valence electrons. The van der Waals surface area contributed by atoms with Gasteiger partial charge in [-0.05, 0) is 30.4 Å². The number of hydrogen-bond donors (Lipinski definition) is 2. The van der Waals surface area contributed by atoms with Crippen LogP contribution >= 0.6 is 11.3 Å². The lowest BCUT2D eigenvalue weighted by Crippen LogP contribution is -2.38. The number of aryl methyl sites for hydroxylation is 1. The van der Waals surface area contributed by atoms with Gasteiger partial charge in [-0.2, -0.15) is 5.10 Å². The van der Waals surface area contributed by atoms with Crippen LogP contribution in [0, 0.1) is 0 Å². The van der Waals surface area contributed by atoms with Crippen molar-refractivity contribution in [1.29, 1.82) is 0 Å². The zero-order chi connectivity index (χ0) is 14.9. The number of hydrogen-bond acceptors (Lipinski definition) is 3. The van der Waals surface area contributed by atoms with Gasteiger partial charge in [-0.3, -0.25) is 9.67 Å². The topological polar surface area (TPSA) is 54.2 Å². The van der Waals surface area contributed by atoms with E-state index in [2.05, 4.69) is 45.2 Å². The molecule has 0 bridgehead atoms. The first kappa shape index (κ1) is 15.6. The molecule has 2 aromatic heterocycles. The fourth-order valence-electron chi connectivity index (χ4n) is 2.00. The maximum Gasteiger partial charge on any atom is 0.191 e. The van der Waals surface area contributed by atoms with Gasteiger partial charge in [-0.15, -0.1) is 11.3 Å². The van der Waals surface area contributed by atoms with Crippen LogP contribution in [0.3, 0.4) is 0 Å². The predicted octanol–water partition coefficient (Wildman–Crippen LogP) is 1.82. The molecule has 0 saturated heterocycles. The van der Waals surface area contributed by atoms with Crippen LogP contribution in [0.5, 0.6) is 0 Å². The van der Waals surface area contributed by atoms with E-state index in [-0.39, 0.29) is 0 Å². The van der Waals surface area contributed by atoms with Crippen molar-refractivity contribution in [3.8, 4) is 0 Å². The Hall–Kier alpha value is -1.82. The van der Waals surface area contributed by atoms with Gasteiger partial charge in [0.1, 0.15) is 0 Å². The Balaban J connectivity index is 1.75. The van der Waals surface area contributed by atoms with Gasteiger partial charge in [0.05, 0.1) is 6.20 Å². The van der Waals surface area contributed by atoms with Gasteiger partial charge in [-0.1, -0.05) is 6.07 Å². The third-order valence-corrected chi connectivity index (χ3v) is 3.95. The molecule has 5 nitrogen and oxygen atoms in total. The van der Waals surface area contributed by atoms with Crippen molar-refractivity contribution in [1.82, 2.24) is 20.4 Å². The van der Waals surface area contributed by atoms with Crippen molar-refractivity contribution in [2.75, 3.05) is 19.6 Å². The second-order valence-corrected chi connectivity index (χ2v) is 5.82. The summed E-state index contributed by atoms with van der Waals surface area (Å²) in [6, 6.07) is 4.24. The van der Waals surface area contributed by atoms with Crippen LogP contribution in [0.25, 0.3) is 0 Å². The molecule has 0 aromatic carbocycles. The first-order valence-corrected chi connectivity index (χ1v) is 8.18. The molecule has 0 amide bonds. The van der Waals surface area contributed by atoms with Crippen LogP contribution in [0.15, 0.2) is 34.9 Å². The van der Waals surface area contributed by atoms with Crippen molar-refractivity contribution in [3.63, 3.8) is 0 Å². The monoisotopic (exact) mass is 305 g/mol. The minimum atomic E-state index is 0.808. The smallest absolute Gasteiger partial charge is 0.191 e. The number of nitrogens with one attached hydrogen (secondary N) is 2. The van der Waals surface area contributed by atoms with Crippen LogP contribution in [-0.4, -0.2) is 35.4 Å². The Kier molecular flexibility index (Phi) is 6.27. The predicted molar refractivity (Wildman–Crippen MR) is 88.9 cm³/mol. The second-order valence-electron chi connectivity index (χ2n) is 4.79. The van der Waals surface area contributed by atoms with Crippen LogP contribution in [0.1, 0.15) is 17.4 Å². The van der Waals surface area contributed by atoms with E-state index in [1.54, 1.807) is 11.3 Å². The third-order valence-electron chi connectivity index (χ3n) is 3.02. The highest BCUT2D eigenvalue weighted by molar-refractivity contribution is 7.09. The summed E-state index contributed by atoms with van der Waals surface area (Å²) in [7, 11) is 1.94. The van der Waals surface area contributed by atoms with E-state index in [0.29, 0.717) is 0 Å². The molecule has 0 aliphatic heterocycles. The normalized spacial score (nSPS) is 11.6. The Bertz CT molecular complexity index is 544. The average molecular weight is 305 g/mol. The molecule has 2 rings (SSSR count). The molecule has 0 aliphatic rings. The highest BCUT2D eigenvalue weighted by Gasteiger charge is 2.00. The van der Waals surface area contributed by atoms with Crippen LogP contribution in [0.2, 0.25) is 0 Å². The molecular formula is C15H23N5S. The molecule has 6 heteroatoms. The molecule has 21 heavy (non-hydrogen) atoms. The van der Waals surface area contributed by atoms with Gasteiger partial charge in [0, 0.05) is 44.2 Å². The summed E-state index contributed by atoms with van der Waals surface area (Å²) in [6.07, 6.45) is 5.89. The molecule has 0 fully saturated rings. The summed E-state index contributed by atoms with van der Waals surface area (Å²) in [5, 5.41) is 12.9. The lowest BCUT2D eigenvalue weighted by Gasteiger charge is -2.10. The number of guanidine groups is 1. The summed E-state index contributed by atoms with van der Waals surface area (Å²) < 4.78 is 1.83. The number of aromatic nitrogens is 2. The molecule has 0 unspecified atom stereocenters. The Morgan fingerprint density at radius 3 is 2.95 bits per heavy atom. The van der Waals surface area contributed by atoms with Crippen molar-refractivity contribution in [3.05, 3.63) is 40.3 Å². The maximum atomic E-state index is 4.60. The van der Waals surface area contributed by atoms with Gasteiger partial charge in [0.2, 0.25) is 0 Å². The highest BCUT2D eigenvalue weighted by Crippen LogP contribution is 2.08. The first-order chi connectivity index (χ1) is 10.3. The summed E-state index contributed by atoms with van der Waals surface area (Å²) in [4.78, 5) is 5.98. The molecule has 2 N–H and O–H groups in total. The van der Waals surface area contributed by atoms with Gasteiger partial charge >= 0.3 is 0 Å². The largest absolute Gasteiger partial charge is 0.357 e. The molecule has 2 aromatic rings. The fraction of sp³-hybridized carbons (Fsp3) is 0.467.